The number of imidazole rings is 1. The van der Waals surface area contributed by atoms with Crippen molar-refractivity contribution in [2.75, 3.05) is 7.11 Å². The van der Waals surface area contributed by atoms with Crippen molar-refractivity contribution in [2.45, 2.75) is 69.7 Å². The molecule has 4 heterocycles. The number of hydrogen-bond donors (Lipinski definition) is 2. The van der Waals surface area contributed by atoms with Crippen LogP contribution in [0.4, 0.5) is 0 Å². The number of hydrogen-bond acceptors (Lipinski definition) is 5. The molecule has 0 unspecified atom stereocenters. The smallest absolute Gasteiger partial charge is 0.254 e. The molecule has 2 amide bonds. The van der Waals surface area contributed by atoms with Gasteiger partial charge in [0.25, 0.3) is 11.8 Å². The molecule has 9 nitrogen and oxygen atoms in total. The average molecular weight is 617 g/mol. The lowest BCUT2D eigenvalue weighted by Gasteiger charge is -2.23. The molecule has 5 aromatic rings. The number of rotatable bonds is 8. The van der Waals surface area contributed by atoms with Gasteiger partial charge in [0.1, 0.15) is 11.3 Å². The summed E-state index contributed by atoms with van der Waals surface area (Å²) in [5.41, 5.74) is 12.4. The van der Waals surface area contributed by atoms with Crippen LogP contribution in [0.5, 0.6) is 5.75 Å². The lowest BCUT2D eigenvalue weighted by Crippen LogP contribution is -2.40. The van der Waals surface area contributed by atoms with Gasteiger partial charge >= 0.3 is 0 Å². The van der Waals surface area contributed by atoms with Crippen molar-refractivity contribution in [1.29, 1.82) is 0 Å². The van der Waals surface area contributed by atoms with Gasteiger partial charge in [0.2, 0.25) is 0 Å². The standard InChI is InChI=1S/C37H40N6O3/c1-21(39-36(44)23-7-5-4-6-8-23)24-11-12-25-17-32(42(31(25)16-24)20-22-9-10-22)35-40-29-15-26(18-33(46-3)34(29)41(35)2)37(45)43-27-13-14-30(43)28(38)19-27/h4-8,11-12,15-18,21-22,27-28,30H,9-10,13-14,19-20,38H2,1-3H3,(H,39,44)/t21-,27+,28-,30-/m1/s1. The van der Waals surface area contributed by atoms with Gasteiger partial charge in [-0.2, -0.15) is 0 Å². The fourth-order valence-corrected chi connectivity index (χ4v) is 7.75. The first kappa shape index (κ1) is 28.8. The Bertz CT molecular complexity index is 1990. The fraction of sp³-hybridized carbons (Fsp3) is 0.378. The van der Waals surface area contributed by atoms with Crippen LogP contribution in [0.2, 0.25) is 0 Å². The third-order valence-electron chi connectivity index (χ3n) is 10.4. The van der Waals surface area contributed by atoms with E-state index in [0.29, 0.717) is 22.8 Å². The van der Waals surface area contributed by atoms with E-state index in [4.69, 9.17) is 15.5 Å². The number of ether oxygens (including phenoxy) is 1. The van der Waals surface area contributed by atoms with Crippen LogP contribution in [-0.2, 0) is 13.6 Å². The summed E-state index contributed by atoms with van der Waals surface area (Å²) in [5.74, 6) is 2.01. The van der Waals surface area contributed by atoms with Crippen molar-refractivity contribution in [3.05, 3.63) is 83.4 Å². The molecule has 3 aliphatic rings. The summed E-state index contributed by atoms with van der Waals surface area (Å²) < 4.78 is 10.3. The lowest BCUT2D eigenvalue weighted by molar-refractivity contribution is 0.0726. The first-order chi connectivity index (χ1) is 22.3. The second-order valence-electron chi connectivity index (χ2n) is 13.4. The number of amides is 2. The van der Waals surface area contributed by atoms with Gasteiger partial charge < -0.3 is 29.8 Å². The quantitative estimate of drug-likeness (QED) is 0.229. The molecule has 0 spiro atoms. The summed E-state index contributed by atoms with van der Waals surface area (Å²) in [4.78, 5) is 33.9. The van der Waals surface area contributed by atoms with Crippen molar-refractivity contribution >= 4 is 33.8 Å². The van der Waals surface area contributed by atoms with E-state index in [9.17, 15) is 9.59 Å². The Morgan fingerprint density at radius 2 is 1.83 bits per heavy atom. The number of nitrogens with zero attached hydrogens (tertiary/aromatic N) is 4. The SMILES string of the molecule is COc1cc(C(=O)N2[C@H]3CC[C@@H]2[C@H](N)C3)cc2nc(-c3cc4ccc([C@@H](C)NC(=O)c5ccccc5)cc4n3CC3CC3)n(C)c12. The predicted molar refractivity (Wildman–Crippen MR) is 179 cm³/mol. The second kappa shape index (κ2) is 11.0. The van der Waals surface area contributed by atoms with Gasteiger partial charge in [0, 0.05) is 53.7 Å². The summed E-state index contributed by atoms with van der Waals surface area (Å²) in [6, 6.07) is 21.9. The van der Waals surface area contributed by atoms with Gasteiger partial charge in [0.15, 0.2) is 5.82 Å². The molecule has 2 bridgehead atoms. The molecule has 3 N–H and O–H groups in total. The number of benzene rings is 3. The normalized spacial score (nSPS) is 21.3. The molecule has 46 heavy (non-hydrogen) atoms. The molecule has 3 fully saturated rings. The highest BCUT2D eigenvalue weighted by Gasteiger charge is 2.47. The van der Waals surface area contributed by atoms with E-state index in [1.54, 1.807) is 7.11 Å². The molecule has 2 aromatic heterocycles. The van der Waals surface area contributed by atoms with Crippen LogP contribution in [0.3, 0.4) is 0 Å². The third-order valence-corrected chi connectivity index (χ3v) is 10.4. The molecule has 8 rings (SSSR count). The summed E-state index contributed by atoms with van der Waals surface area (Å²) >= 11 is 0. The summed E-state index contributed by atoms with van der Waals surface area (Å²) in [7, 11) is 3.66. The summed E-state index contributed by atoms with van der Waals surface area (Å²) in [6.07, 6.45) is 5.28. The Balaban J connectivity index is 1.18. The Morgan fingerprint density at radius 1 is 1.02 bits per heavy atom. The van der Waals surface area contributed by atoms with Crippen LogP contribution in [0, 0.1) is 5.92 Å². The van der Waals surface area contributed by atoms with Crippen LogP contribution >= 0.6 is 0 Å². The molecule has 2 aliphatic heterocycles. The number of carbonyl (C=O) groups excluding carboxylic acids is 2. The minimum absolute atomic E-state index is 0.0108. The largest absolute Gasteiger partial charge is 0.494 e. The van der Waals surface area contributed by atoms with E-state index in [-0.39, 0.29) is 36.0 Å². The second-order valence-corrected chi connectivity index (χ2v) is 13.4. The van der Waals surface area contributed by atoms with Crippen LogP contribution in [0.25, 0.3) is 33.5 Å². The maximum atomic E-state index is 13.8. The highest BCUT2D eigenvalue weighted by atomic mass is 16.5. The first-order valence-electron chi connectivity index (χ1n) is 16.4. The summed E-state index contributed by atoms with van der Waals surface area (Å²) in [5, 5.41) is 4.28. The number of carbonyl (C=O) groups is 2. The van der Waals surface area contributed by atoms with E-state index in [1.807, 2.05) is 61.3 Å². The van der Waals surface area contributed by atoms with Crippen molar-refractivity contribution in [3.63, 3.8) is 0 Å². The van der Waals surface area contributed by atoms with E-state index < -0.39 is 0 Å². The van der Waals surface area contributed by atoms with Gasteiger partial charge in [-0.15, -0.1) is 0 Å². The van der Waals surface area contributed by atoms with Gasteiger partial charge in [-0.1, -0.05) is 30.3 Å². The lowest BCUT2D eigenvalue weighted by atomic mass is 9.97. The molecular weight excluding hydrogens is 576 g/mol. The minimum Gasteiger partial charge on any atom is -0.494 e. The molecule has 2 saturated heterocycles. The van der Waals surface area contributed by atoms with Gasteiger partial charge in [-0.25, -0.2) is 4.98 Å². The molecular formula is C37H40N6O3. The highest BCUT2D eigenvalue weighted by Crippen LogP contribution is 2.41. The van der Waals surface area contributed by atoms with Crippen LogP contribution in [-0.4, -0.2) is 56.1 Å². The van der Waals surface area contributed by atoms with Crippen LogP contribution < -0.4 is 15.8 Å². The predicted octanol–water partition coefficient (Wildman–Crippen LogP) is 5.81. The fourth-order valence-electron chi connectivity index (χ4n) is 7.75. The zero-order valence-corrected chi connectivity index (χ0v) is 26.6. The molecule has 1 aliphatic carbocycles. The number of fused-ring (bicyclic) bond motifs is 4. The van der Waals surface area contributed by atoms with Crippen molar-refractivity contribution in [2.24, 2.45) is 18.7 Å². The Morgan fingerprint density at radius 3 is 2.52 bits per heavy atom. The number of nitrogens with one attached hydrogen (secondary N) is 1. The number of aromatic nitrogens is 3. The van der Waals surface area contributed by atoms with Crippen molar-refractivity contribution in [3.8, 4) is 17.3 Å². The van der Waals surface area contributed by atoms with Crippen molar-refractivity contribution in [1.82, 2.24) is 24.3 Å². The number of aryl methyl sites for hydroxylation is 1. The molecule has 0 radical (unpaired) electrons. The van der Waals surface area contributed by atoms with Crippen LogP contribution in [0.1, 0.15) is 71.3 Å². The van der Waals surface area contributed by atoms with Gasteiger partial charge in [-0.05, 0) is 86.9 Å². The minimum atomic E-state index is -0.166. The topological polar surface area (TPSA) is 107 Å². The monoisotopic (exact) mass is 616 g/mol. The number of nitrogens with two attached hydrogens (primary N) is 1. The Labute approximate surface area is 268 Å². The average Bonchev–Trinajstić information content (AvgIpc) is 3.38. The maximum absolute atomic E-state index is 13.8. The first-order valence-corrected chi connectivity index (χ1v) is 16.4. The van der Waals surface area contributed by atoms with Crippen molar-refractivity contribution < 1.29 is 14.3 Å². The Hall–Kier alpha value is -4.63. The molecule has 3 aromatic carbocycles. The molecule has 4 atom stereocenters. The maximum Gasteiger partial charge on any atom is 0.254 e. The number of methoxy groups -OCH3 is 1. The van der Waals surface area contributed by atoms with Crippen LogP contribution in [0.15, 0.2) is 66.7 Å². The highest BCUT2D eigenvalue weighted by molar-refractivity contribution is 6.01. The van der Waals surface area contributed by atoms with Gasteiger partial charge in [-0.3, -0.25) is 9.59 Å². The van der Waals surface area contributed by atoms with E-state index in [1.165, 1.54) is 12.8 Å². The van der Waals surface area contributed by atoms with E-state index in [2.05, 4.69) is 38.7 Å². The molecule has 236 valence electrons. The zero-order valence-electron chi connectivity index (χ0n) is 26.6. The van der Waals surface area contributed by atoms with E-state index >= 15 is 0 Å². The van der Waals surface area contributed by atoms with E-state index in [0.717, 1.165) is 64.8 Å². The summed E-state index contributed by atoms with van der Waals surface area (Å²) in [6.45, 7) is 2.92. The van der Waals surface area contributed by atoms with Gasteiger partial charge in [0.05, 0.1) is 24.4 Å². The Kier molecular flexibility index (Phi) is 6.90. The molecule has 9 heteroatoms. The zero-order chi connectivity index (χ0) is 31.7. The molecule has 1 saturated carbocycles. The third kappa shape index (κ3) is 4.76.